The molecule has 0 unspecified atom stereocenters. The number of hydrogen-bond acceptors (Lipinski definition) is 4. The number of nitrogens with zero attached hydrogens (tertiary/aromatic N) is 2. The molecule has 0 aliphatic carbocycles. The van der Waals surface area contributed by atoms with Gasteiger partial charge in [-0.2, -0.15) is 0 Å². The number of benzene rings is 1. The lowest BCUT2D eigenvalue weighted by Crippen LogP contribution is -2.15. The minimum Gasteiger partial charge on any atom is -0.316 e. The van der Waals surface area contributed by atoms with Gasteiger partial charge in [0.2, 0.25) is 0 Å². The van der Waals surface area contributed by atoms with Crippen LogP contribution in [0.2, 0.25) is 0 Å². The third-order valence-corrected chi connectivity index (χ3v) is 3.92. The highest BCUT2D eigenvalue weighted by atomic mass is 32.2. The van der Waals surface area contributed by atoms with Crippen molar-refractivity contribution in [3.8, 4) is 0 Å². The summed E-state index contributed by atoms with van der Waals surface area (Å²) in [4.78, 5) is 7.00. The summed E-state index contributed by atoms with van der Waals surface area (Å²) in [7, 11) is 6.18. The Labute approximate surface area is 119 Å². The molecule has 0 aliphatic heterocycles. The van der Waals surface area contributed by atoms with Crippen molar-refractivity contribution in [2.24, 2.45) is 0 Å². The first-order chi connectivity index (χ1) is 9.20. The van der Waals surface area contributed by atoms with Crippen LogP contribution in [-0.4, -0.2) is 43.3 Å². The number of nitrogens with one attached hydrogen (secondary N) is 1. The molecule has 19 heavy (non-hydrogen) atoms. The zero-order valence-electron chi connectivity index (χ0n) is 11.8. The highest BCUT2D eigenvalue weighted by molar-refractivity contribution is 7.99. The largest absolute Gasteiger partial charge is 0.316 e. The molecule has 0 atom stereocenters. The highest BCUT2D eigenvalue weighted by Crippen LogP contribution is 2.24. The van der Waals surface area contributed by atoms with E-state index in [1.165, 1.54) is 10.9 Å². The second-order valence-electron chi connectivity index (χ2n) is 4.83. The molecule has 3 nitrogen and oxygen atoms in total. The number of rotatable bonds is 6. The quantitative estimate of drug-likeness (QED) is 0.820. The van der Waals surface area contributed by atoms with Crippen molar-refractivity contribution in [2.75, 3.05) is 33.4 Å². The minimum atomic E-state index is 0.863. The van der Waals surface area contributed by atoms with Gasteiger partial charge in [-0.05, 0) is 38.8 Å². The maximum absolute atomic E-state index is 4.80. The van der Waals surface area contributed by atoms with Gasteiger partial charge in [-0.15, -0.1) is 11.8 Å². The van der Waals surface area contributed by atoms with E-state index in [4.69, 9.17) is 4.98 Å². The molecule has 0 saturated heterocycles. The van der Waals surface area contributed by atoms with E-state index < -0.39 is 0 Å². The fourth-order valence-corrected chi connectivity index (χ4v) is 3.04. The van der Waals surface area contributed by atoms with Crippen LogP contribution >= 0.6 is 11.8 Å². The second kappa shape index (κ2) is 6.89. The molecule has 0 aliphatic rings. The Morgan fingerprint density at radius 3 is 2.79 bits per heavy atom. The molecule has 1 heterocycles. The minimum absolute atomic E-state index is 0.863. The predicted octanol–water partition coefficient (Wildman–Crippen LogP) is 2.61. The molecule has 0 radical (unpaired) electrons. The van der Waals surface area contributed by atoms with Crippen LogP contribution < -0.4 is 5.32 Å². The van der Waals surface area contributed by atoms with E-state index in [0.717, 1.165) is 29.4 Å². The Kier molecular flexibility index (Phi) is 5.19. The third kappa shape index (κ3) is 3.93. The van der Waals surface area contributed by atoms with Gasteiger partial charge >= 0.3 is 0 Å². The van der Waals surface area contributed by atoms with Crippen molar-refractivity contribution in [1.29, 1.82) is 0 Å². The summed E-state index contributed by atoms with van der Waals surface area (Å²) in [5, 5.41) is 5.59. The van der Waals surface area contributed by atoms with Gasteiger partial charge in [0.25, 0.3) is 0 Å². The molecular formula is C15H21N3S. The molecule has 0 bridgehead atoms. The molecular weight excluding hydrogens is 254 g/mol. The normalized spacial score (nSPS) is 11.4. The lowest BCUT2D eigenvalue weighted by Gasteiger charge is -2.12. The molecule has 1 N–H and O–H groups in total. The first kappa shape index (κ1) is 14.3. The standard InChI is InChI=1S/C15H21N3S/c1-16-11-13-10-12-6-4-5-7-14(12)17-15(13)19-9-8-18(2)3/h4-7,10,16H,8-9,11H2,1-3H3. The number of fused-ring (bicyclic) bond motifs is 1. The average Bonchev–Trinajstić information content (AvgIpc) is 2.39. The summed E-state index contributed by atoms with van der Waals surface area (Å²) >= 11 is 1.84. The number of hydrogen-bond donors (Lipinski definition) is 1. The van der Waals surface area contributed by atoms with Crippen molar-refractivity contribution in [1.82, 2.24) is 15.2 Å². The van der Waals surface area contributed by atoms with Crippen LogP contribution in [-0.2, 0) is 6.54 Å². The van der Waals surface area contributed by atoms with E-state index >= 15 is 0 Å². The number of aromatic nitrogens is 1. The predicted molar refractivity (Wildman–Crippen MR) is 83.8 cm³/mol. The van der Waals surface area contributed by atoms with Crippen molar-refractivity contribution in [3.63, 3.8) is 0 Å². The molecule has 0 fully saturated rings. The SMILES string of the molecule is CNCc1cc2ccccc2nc1SCCN(C)C. The van der Waals surface area contributed by atoms with Gasteiger partial charge in [0.1, 0.15) is 5.03 Å². The van der Waals surface area contributed by atoms with Crippen molar-refractivity contribution < 1.29 is 0 Å². The fourth-order valence-electron chi connectivity index (χ4n) is 1.91. The topological polar surface area (TPSA) is 28.2 Å². The zero-order chi connectivity index (χ0) is 13.7. The molecule has 1 aromatic heterocycles. The van der Waals surface area contributed by atoms with Crippen molar-refractivity contribution >= 4 is 22.7 Å². The van der Waals surface area contributed by atoms with E-state index in [1.54, 1.807) is 0 Å². The van der Waals surface area contributed by atoms with Crippen molar-refractivity contribution in [2.45, 2.75) is 11.6 Å². The molecule has 1 aromatic carbocycles. The summed E-state index contributed by atoms with van der Waals surface area (Å²) in [6.45, 7) is 1.93. The Morgan fingerprint density at radius 2 is 2.05 bits per heavy atom. The van der Waals surface area contributed by atoms with Gasteiger partial charge in [-0.1, -0.05) is 18.2 Å². The molecule has 4 heteroatoms. The third-order valence-electron chi connectivity index (χ3n) is 2.91. The molecule has 0 saturated carbocycles. The Bertz CT molecular complexity index is 540. The fraction of sp³-hybridized carbons (Fsp3) is 0.400. The lowest BCUT2D eigenvalue weighted by molar-refractivity contribution is 0.437. The van der Waals surface area contributed by atoms with Gasteiger partial charge in [0.05, 0.1) is 5.52 Å². The number of pyridine rings is 1. The zero-order valence-corrected chi connectivity index (χ0v) is 12.6. The van der Waals surface area contributed by atoms with Crippen LogP contribution in [0, 0.1) is 0 Å². The first-order valence-electron chi connectivity index (χ1n) is 6.51. The Balaban J connectivity index is 2.25. The monoisotopic (exact) mass is 275 g/mol. The lowest BCUT2D eigenvalue weighted by atomic mass is 10.1. The number of thioether (sulfide) groups is 1. The summed E-state index contributed by atoms with van der Waals surface area (Å²) in [6.07, 6.45) is 0. The maximum atomic E-state index is 4.80. The molecule has 2 rings (SSSR count). The molecule has 0 spiro atoms. The smallest absolute Gasteiger partial charge is 0.101 e. The van der Waals surface area contributed by atoms with Crippen LogP contribution in [0.1, 0.15) is 5.56 Å². The Morgan fingerprint density at radius 1 is 1.26 bits per heavy atom. The molecule has 0 amide bonds. The van der Waals surface area contributed by atoms with Gasteiger partial charge in [-0.3, -0.25) is 0 Å². The maximum Gasteiger partial charge on any atom is 0.101 e. The number of para-hydroxylation sites is 1. The van der Waals surface area contributed by atoms with Gasteiger partial charge < -0.3 is 10.2 Å². The summed E-state index contributed by atoms with van der Waals surface area (Å²) in [6, 6.07) is 10.6. The van der Waals surface area contributed by atoms with Crippen LogP contribution in [0.25, 0.3) is 10.9 Å². The second-order valence-corrected chi connectivity index (χ2v) is 5.91. The van der Waals surface area contributed by atoms with E-state index in [0.29, 0.717) is 0 Å². The van der Waals surface area contributed by atoms with Crippen LogP contribution in [0.3, 0.4) is 0 Å². The summed E-state index contributed by atoms with van der Waals surface area (Å²) < 4.78 is 0. The van der Waals surface area contributed by atoms with Gasteiger partial charge in [-0.25, -0.2) is 4.98 Å². The Hall–Kier alpha value is -1.10. The average molecular weight is 275 g/mol. The van der Waals surface area contributed by atoms with Crippen LogP contribution in [0.4, 0.5) is 0 Å². The van der Waals surface area contributed by atoms with Crippen molar-refractivity contribution in [3.05, 3.63) is 35.9 Å². The van der Waals surface area contributed by atoms with E-state index in [2.05, 4.69) is 48.6 Å². The van der Waals surface area contributed by atoms with E-state index in [-0.39, 0.29) is 0 Å². The van der Waals surface area contributed by atoms with E-state index in [1.807, 2.05) is 24.9 Å². The molecule has 102 valence electrons. The summed E-state index contributed by atoms with van der Waals surface area (Å²) in [5.74, 6) is 1.06. The summed E-state index contributed by atoms with van der Waals surface area (Å²) in [5.41, 5.74) is 2.36. The van der Waals surface area contributed by atoms with Crippen LogP contribution in [0.5, 0.6) is 0 Å². The van der Waals surface area contributed by atoms with Gasteiger partial charge in [0, 0.05) is 24.2 Å². The first-order valence-corrected chi connectivity index (χ1v) is 7.50. The van der Waals surface area contributed by atoms with Gasteiger partial charge in [0.15, 0.2) is 0 Å². The van der Waals surface area contributed by atoms with Crippen LogP contribution in [0.15, 0.2) is 35.4 Å². The molecule has 2 aromatic rings. The van der Waals surface area contributed by atoms with E-state index in [9.17, 15) is 0 Å². The highest BCUT2D eigenvalue weighted by Gasteiger charge is 2.07.